The van der Waals surface area contributed by atoms with Gasteiger partial charge in [0, 0.05) is 17.5 Å². The van der Waals surface area contributed by atoms with Crippen LogP contribution in [0.4, 0.5) is 0 Å². The minimum Gasteiger partial charge on any atom is -0.547 e. The minimum absolute atomic E-state index is 0.560. The second kappa shape index (κ2) is 9.94. The van der Waals surface area contributed by atoms with Crippen molar-refractivity contribution in [3.05, 3.63) is 35.9 Å². The highest BCUT2D eigenvalue weighted by Crippen LogP contribution is 2.15. The number of benzene rings is 1. The summed E-state index contributed by atoms with van der Waals surface area (Å²) in [5.41, 5.74) is 6.89. The van der Waals surface area contributed by atoms with Gasteiger partial charge in [-0.05, 0) is 12.5 Å². The van der Waals surface area contributed by atoms with Crippen molar-refractivity contribution in [2.45, 2.75) is 31.0 Å². The molecule has 0 heterocycles. The van der Waals surface area contributed by atoms with E-state index in [0.29, 0.717) is 5.25 Å². The molecule has 0 spiro atoms. The smallest absolute Gasteiger partial charge is 0.0905 e. The van der Waals surface area contributed by atoms with E-state index < -0.39 is 12.1 Å². The molecule has 5 heteroatoms. The number of hydrogen-bond donors (Lipinski definition) is 2. The predicted octanol–water partition coefficient (Wildman–Crippen LogP) is 0.384. The number of carboxylic acids is 1. The highest BCUT2D eigenvalue weighted by molar-refractivity contribution is 7.99. The first-order valence-corrected chi connectivity index (χ1v) is 6.76. The van der Waals surface area contributed by atoms with Gasteiger partial charge in [-0.2, -0.15) is 11.8 Å². The molecular formula is C13H20NO3S-. The van der Waals surface area contributed by atoms with Gasteiger partial charge in [0.25, 0.3) is 0 Å². The molecule has 102 valence electrons. The zero-order valence-electron chi connectivity index (χ0n) is 10.7. The van der Waals surface area contributed by atoms with E-state index in [1.807, 2.05) is 17.8 Å². The van der Waals surface area contributed by atoms with Crippen LogP contribution in [-0.2, 0) is 10.5 Å². The van der Waals surface area contributed by atoms with Crippen molar-refractivity contribution in [2.75, 3.05) is 6.54 Å². The Hall–Kier alpha value is -1.04. The third-order valence-corrected chi connectivity index (χ3v) is 3.31. The van der Waals surface area contributed by atoms with Gasteiger partial charge in [-0.25, -0.2) is 0 Å². The van der Waals surface area contributed by atoms with Crippen LogP contribution in [0, 0.1) is 0 Å². The lowest BCUT2D eigenvalue weighted by atomic mass is 10.2. The van der Waals surface area contributed by atoms with Crippen LogP contribution in [0.25, 0.3) is 0 Å². The number of aliphatic carboxylic acids is 1. The number of carboxylic acid groups (broad SMARTS) is 1. The maximum atomic E-state index is 9.34. The minimum atomic E-state index is -1.44. The Balaban J connectivity index is 0.000000411. The SMILES string of the molecule is CC(CN)SCc1ccccc1.CC(O)C(=O)[O-]. The summed E-state index contributed by atoms with van der Waals surface area (Å²) in [4.78, 5) is 9.34. The average molecular weight is 270 g/mol. The summed E-state index contributed by atoms with van der Waals surface area (Å²) in [6.07, 6.45) is -1.34. The number of nitrogens with two attached hydrogens (primary N) is 1. The maximum Gasteiger partial charge on any atom is 0.0905 e. The number of hydrogen-bond acceptors (Lipinski definition) is 5. The van der Waals surface area contributed by atoms with Crippen molar-refractivity contribution < 1.29 is 15.0 Å². The monoisotopic (exact) mass is 270 g/mol. The van der Waals surface area contributed by atoms with Gasteiger partial charge in [0.2, 0.25) is 0 Å². The van der Waals surface area contributed by atoms with E-state index in [2.05, 4.69) is 31.2 Å². The molecule has 0 saturated carbocycles. The summed E-state index contributed by atoms with van der Waals surface area (Å²) in [7, 11) is 0. The van der Waals surface area contributed by atoms with Gasteiger partial charge in [0.1, 0.15) is 0 Å². The van der Waals surface area contributed by atoms with E-state index in [1.165, 1.54) is 5.56 Å². The van der Waals surface area contributed by atoms with Crippen LogP contribution in [0.2, 0.25) is 0 Å². The quantitative estimate of drug-likeness (QED) is 0.808. The van der Waals surface area contributed by atoms with Gasteiger partial charge in [-0.1, -0.05) is 37.3 Å². The first-order valence-electron chi connectivity index (χ1n) is 5.71. The lowest BCUT2D eigenvalue weighted by molar-refractivity contribution is -0.314. The predicted molar refractivity (Wildman–Crippen MR) is 72.9 cm³/mol. The van der Waals surface area contributed by atoms with Gasteiger partial charge >= 0.3 is 0 Å². The molecule has 0 bridgehead atoms. The first-order chi connectivity index (χ1) is 8.47. The Bertz CT molecular complexity index is 330. The fourth-order valence-electron chi connectivity index (χ4n) is 0.881. The van der Waals surface area contributed by atoms with Crippen LogP contribution in [0.5, 0.6) is 0 Å². The standard InChI is InChI=1S/C10H15NS.C3H6O3/c1-9(7-11)12-8-10-5-3-2-4-6-10;1-2(4)3(5)6/h2-6,9H,7-8,11H2,1H3;2,4H,1H3,(H,5,6)/p-1. The molecule has 1 rings (SSSR count). The second-order valence-electron chi connectivity index (χ2n) is 3.84. The lowest BCUT2D eigenvalue weighted by Crippen LogP contribution is -2.32. The number of rotatable bonds is 5. The van der Waals surface area contributed by atoms with Crippen LogP contribution in [0.1, 0.15) is 19.4 Å². The Morgan fingerprint density at radius 3 is 2.28 bits per heavy atom. The molecule has 2 unspecified atom stereocenters. The topological polar surface area (TPSA) is 86.4 Å². The summed E-state index contributed by atoms with van der Waals surface area (Å²) >= 11 is 1.90. The van der Waals surface area contributed by atoms with Crippen molar-refractivity contribution in [2.24, 2.45) is 5.73 Å². The molecule has 2 atom stereocenters. The van der Waals surface area contributed by atoms with Crippen LogP contribution in [0.3, 0.4) is 0 Å². The molecule has 0 amide bonds. The number of thioether (sulfide) groups is 1. The third kappa shape index (κ3) is 9.04. The van der Waals surface area contributed by atoms with E-state index in [-0.39, 0.29) is 0 Å². The van der Waals surface area contributed by atoms with E-state index in [4.69, 9.17) is 10.8 Å². The number of aliphatic hydroxyl groups excluding tert-OH is 1. The summed E-state index contributed by atoms with van der Waals surface area (Å²) in [5, 5.41) is 17.9. The third-order valence-electron chi connectivity index (χ3n) is 2.05. The molecule has 0 radical (unpaired) electrons. The largest absolute Gasteiger partial charge is 0.547 e. The molecule has 1 aromatic rings. The molecule has 0 aliphatic carbocycles. The van der Waals surface area contributed by atoms with E-state index in [1.54, 1.807) is 0 Å². The molecule has 0 aliphatic heterocycles. The second-order valence-corrected chi connectivity index (χ2v) is 5.26. The van der Waals surface area contributed by atoms with Crippen molar-refractivity contribution in [1.82, 2.24) is 0 Å². The Morgan fingerprint density at radius 1 is 1.39 bits per heavy atom. The molecule has 0 fully saturated rings. The fraction of sp³-hybridized carbons (Fsp3) is 0.462. The van der Waals surface area contributed by atoms with Crippen molar-refractivity contribution in [3.8, 4) is 0 Å². The number of carbonyl (C=O) groups excluding carboxylic acids is 1. The molecule has 0 saturated heterocycles. The highest BCUT2D eigenvalue weighted by atomic mass is 32.2. The van der Waals surface area contributed by atoms with Crippen molar-refractivity contribution in [3.63, 3.8) is 0 Å². The summed E-state index contributed by atoms with van der Waals surface area (Å²) < 4.78 is 0. The molecule has 3 N–H and O–H groups in total. The Kier molecular flexibility index (Phi) is 9.36. The van der Waals surface area contributed by atoms with Crippen LogP contribution in [-0.4, -0.2) is 29.0 Å². The zero-order valence-corrected chi connectivity index (χ0v) is 11.5. The van der Waals surface area contributed by atoms with Gasteiger partial charge in [0.05, 0.1) is 12.1 Å². The van der Waals surface area contributed by atoms with Gasteiger partial charge in [0.15, 0.2) is 0 Å². The summed E-state index contributed by atoms with van der Waals surface area (Å²) in [6, 6.07) is 10.5. The fourth-order valence-corrected chi connectivity index (χ4v) is 1.69. The zero-order chi connectivity index (χ0) is 14.0. The summed E-state index contributed by atoms with van der Waals surface area (Å²) in [5.74, 6) is -0.367. The molecule has 18 heavy (non-hydrogen) atoms. The lowest BCUT2D eigenvalue weighted by Gasteiger charge is -2.07. The Morgan fingerprint density at radius 2 is 1.89 bits per heavy atom. The van der Waals surface area contributed by atoms with Gasteiger partial charge < -0.3 is 20.7 Å². The number of carbonyl (C=O) groups is 1. The van der Waals surface area contributed by atoms with Gasteiger partial charge in [-0.15, -0.1) is 0 Å². The molecule has 1 aromatic carbocycles. The maximum absolute atomic E-state index is 9.34. The highest BCUT2D eigenvalue weighted by Gasteiger charge is 1.98. The molecule has 0 aromatic heterocycles. The molecular weight excluding hydrogens is 250 g/mol. The van der Waals surface area contributed by atoms with Gasteiger partial charge in [-0.3, -0.25) is 0 Å². The van der Waals surface area contributed by atoms with Crippen molar-refractivity contribution >= 4 is 17.7 Å². The Labute approximate surface area is 112 Å². The normalized spacial score (nSPS) is 13.1. The molecule has 4 nitrogen and oxygen atoms in total. The van der Waals surface area contributed by atoms with Crippen LogP contribution < -0.4 is 10.8 Å². The first kappa shape index (κ1) is 17.0. The molecule has 0 aliphatic rings. The van der Waals surface area contributed by atoms with E-state index in [0.717, 1.165) is 19.2 Å². The van der Waals surface area contributed by atoms with Crippen LogP contribution in [0.15, 0.2) is 30.3 Å². The average Bonchev–Trinajstić information content (AvgIpc) is 2.37. The van der Waals surface area contributed by atoms with E-state index in [9.17, 15) is 9.90 Å². The van der Waals surface area contributed by atoms with Crippen LogP contribution >= 0.6 is 11.8 Å². The summed E-state index contributed by atoms with van der Waals surface area (Å²) in [6.45, 7) is 4.06. The van der Waals surface area contributed by atoms with Crippen molar-refractivity contribution in [1.29, 1.82) is 0 Å². The van der Waals surface area contributed by atoms with E-state index >= 15 is 0 Å². The number of aliphatic hydroxyl groups is 1.